The average molecular weight is 307 g/mol. The summed E-state index contributed by atoms with van der Waals surface area (Å²) in [4.78, 5) is 32.5. The number of ether oxygens (including phenoxy) is 1. The van der Waals surface area contributed by atoms with E-state index in [2.05, 4.69) is 39.1 Å². The maximum Gasteiger partial charge on any atom is 0.309 e. The van der Waals surface area contributed by atoms with Crippen LogP contribution in [0.3, 0.4) is 0 Å². The van der Waals surface area contributed by atoms with E-state index >= 15 is 0 Å². The summed E-state index contributed by atoms with van der Waals surface area (Å²) in [6, 6.07) is 0. The molecule has 2 unspecified atom stereocenters. The number of hydrogen-bond acceptors (Lipinski definition) is 4. The third kappa shape index (κ3) is 3.64. The highest BCUT2D eigenvalue weighted by atomic mass is 16.5. The van der Waals surface area contributed by atoms with E-state index in [4.69, 9.17) is 4.74 Å². The van der Waals surface area contributed by atoms with Crippen molar-refractivity contribution in [2.45, 2.75) is 41.5 Å². The van der Waals surface area contributed by atoms with Crippen molar-refractivity contribution in [3.8, 4) is 0 Å². The Kier molecular flexibility index (Phi) is 5.33. The number of nitrogens with one attached hydrogen (secondary N) is 1. The molecule has 0 saturated heterocycles. The van der Waals surface area contributed by atoms with Crippen LogP contribution in [-0.2, 0) is 19.1 Å². The second-order valence-corrected chi connectivity index (χ2v) is 6.63. The number of carbonyl (C=O) groups is 3. The molecule has 1 fully saturated rings. The Hall–Kier alpha value is -1.91. The largest absolute Gasteiger partial charge is 0.469 e. The zero-order valence-corrected chi connectivity index (χ0v) is 14.4. The number of methoxy groups -OCH3 is 1. The standard InChI is InChI=1S/C11H18O2.C6H7NO2/c1-7(2)6-8-9(10(12)13-5)11(8,3)4;1-3-4(2)6(9)7-5(3)8/h6,8-9H,1-5H3;1-2H3,(H,7,8,9). The summed E-state index contributed by atoms with van der Waals surface area (Å²) < 4.78 is 4.75. The predicted octanol–water partition coefficient (Wildman–Crippen LogP) is 2.38. The third-order valence-electron chi connectivity index (χ3n) is 4.35. The minimum Gasteiger partial charge on any atom is -0.469 e. The van der Waals surface area contributed by atoms with Crippen LogP contribution in [0.4, 0.5) is 0 Å². The van der Waals surface area contributed by atoms with Crippen molar-refractivity contribution >= 4 is 17.8 Å². The van der Waals surface area contributed by atoms with Gasteiger partial charge in [0.15, 0.2) is 0 Å². The van der Waals surface area contributed by atoms with Gasteiger partial charge in [0, 0.05) is 11.1 Å². The van der Waals surface area contributed by atoms with Gasteiger partial charge >= 0.3 is 5.97 Å². The lowest BCUT2D eigenvalue weighted by molar-refractivity contribution is -0.143. The number of hydrogen-bond donors (Lipinski definition) is 1. The molecule has 0 aromatic heterocycles. The van der Waals surface area contributed by atoms with Gasteiger partial charge in [-0.1, -0.05) is 25.5 Å². The summed E-state index contributed by atoms with van der Waals surface area (Å²) in [7, 11) is 1.45. The van der Waals surface area contributed by atoms with Crippen LogP contribution >= 0.6 is 0 Å². The Morgan fingerprint density at radius 1 is 1.14 bits per heavy atom. The summed E-state index contributed by atoms with van der Waals surface area (Å²) in [5.74, 6) is -0.181. The van der Waals surface area contributed by atoms with Crippen molar-refractivity contribution in [1.82, 2.24) is 5.32 Å². The molecule has 22 heavy (non-hydrogen) atoms. The van der Waals surface area contributed by atoms with Gasteiger partial charge < -0.3 is 4.74 Å². The number of carbonyl (C=O) groups excluding carboxylic acids is 3. The van der Waals surface area contributed by atoms with Crippen LogP contribution in [0.5, 0.6) is 0 Å². The Labute approximate surface area is 131 Å². The molecular formula is C17H25NO4. The Balaban J connectivity index is 0.000000235. The second kappa shape index (κ2) is 6.46. The van der Waals surface area contributed by atoms with Gasteiger partial charge in [0.2, 0.25) is 0 Å². The summed E-state index contributed by atoms with van der Waals surface area (Å²) in [5.41, 5.74) is 2.41. The molecule has 122 valence electrons. The van der Waals surface area contributed by atoms with Gasteiger partial charge in [-0.3, -0.25) is 19.7 Å². The van der Waals surface area contributed by atoms with E-state index < -0.39 is 0 Å². The first-order valence-electron chi connectivity index (χ1n) is 7.30. The zero-order valence-electron chi connectivity index (χ0n) is 14.4. The monoisotopic (exact) mass is 307 g/mol. The van der Waals surface area contributed by atoms with Crippen LogP contribution in [-0.4, -0.2) is 24.9 Å². The van der Waals surface area contributed by atoms with Crippen LogP contribution in [0, 0.1) is 17.3 Å². The van der Waals surface area contributed by atoms with Gasteiger partial charge in [-0.15, -0.1) is 0 Å². The Bertz CT molecular complexity index is 543. The molecule has 5 heteroatoms. The van der Waals surface area contributed by atoms with Crippen LogP contribution in [0.2, 0.25) is 0 Å². The topological polar surface area (TPSA) is 72.5 Å². The van der Waals surface area contributed by atoms with Crippen molar-refractivity contribution in [2.24, 2.45) is 17.3 Å². The lowest BCUT2D eigenvalue weighted by Gasteiger charge is -1.99. The minimum absolute atomic E-state index is 0.0624. The average Bonchev–Trinajstić information content (AvgIpc) is 2.88. The predicted molar refractivity (Wildman–Crippen MR) is 83.7 cm³/mol. The highest BCUT2D eigenvalue weighted by Crippen LogP contribution is 2.59. The van der Waals surface area contributed by atoms with E-state index in [1.54, 1.807) is 13.8 Å². The van der Waals surface area contributed by atoms with Gasteiger partial charge in [-0.2, -0.15) is 0 Å². The molecule has 2 atom stereocenters. The smallest absolute Gasteiger partial charge is 0.309 e. The normalized spacial score (nSPS) is 25.0. The molecule has 0 aromatic carbocycles. The van der Waals surface area contributed by atoms with E-state index in [9.17, 15) is 14.4 Å². The fourth-order valence-corrected chi connectivity index (χ4v) is 2.56. The highest BCUT2D eigenvalue weighted by Gasteiger charge is 2.61. The maximum atomic E-state index is 11.3. The van der Waals surface area contributed by atoms with E-state index in [0.29, 0.717) is 17.1 Å². The number of esters is 1. The summed E-state index contributed by atoms with van der Waals surface area (Å²) in [5, 5.41) is 2.16. The SMILES string of the molecule is CC1=C(C)C(=O)NC1=O.COC(=O)C1C(C=C(C)C)C1(C)C. The van der Waals surface area contributed by atoms with Crippen LogP contribution < -0.4 is 5.32 Å². The molecule has 1 N–H and O–H groups in total. The lowest BCUT2D eigenvalue weighted by Crippen LogP contribution is -2.22. The third-order valence-corrected chi connectivity index (χ3v) is 4.35. The first kappa shape index (κ1) is 18.1. The molecule has 5 nitrogen and oxygen atoms in total. The van der Waals surface area contributed by atoms with Gasteiger partial charge in [0.25, 0.3) is 11.8 Å². The van der Waals surface area contributed by atoms with Crippen molar-refractivity contribution in [3.05, 3.63) is 22.8 Å². The van der Waals surface area contributed by atoms with E-state index in [0.717, 1.165) is 0 Å². The molecule has 0 aromatic rings. The second-order valence-electron chi connectivity index (χ2n) is 6.63. The van der Waals surface area contributed by atoms with Crippen molar-refractivity contribution in [2.75, 3.05) is 7.11 Å². The number of rotatable bonds is 2. The van der Waals surface area contributed by atoms with Crippen molar-refractivity contribution < 1.29 is 19.1 Å². The number of amides is 2. The molecule has 1 aliphatic carbocycles. The summed E-state index contributed by atoms with van der Waals surface area (Å²) in [6.45, 7) is 11.6. The first-order chi connectivity index (χ1) is 10.0. The fraction of sp³-hybridized carbons (Fsp3) is 0.588. The summed E-state index contributed by atoms with van der Waals surface area (Å²) >= 11 is 0. The zero-order chi connectivity index (χ0) is 17.2. The quantitative estimate of drug-likeness (QED) is 0.483. The highest BCUT2D eigenvalue weighted by molar-refractivity contribution is 6.18. The Morgan fingerprint density at radius 3 is 1.86 bits per heavy atom. The molecule has 1 heterocycles. The van der Waals surface area contributed by atoms with Gasteiger partial charge in [-0.05, 0) is 39.0 Å². The number of imide groups is 1. The van der Waals surface area contributed by atoms with Gasteiger partial charge in [-0.25, -0.2) is 0 Å². The molecule has 0 spiro atoms. The summed E-state index contributed by atoms with van der Waals surface area (Å²) in [6.07, 6.45) is 2.17. The van der Waals surface area contributed by atoms with Crippen molar-refractivity contribution in [3.63, 3.8) is 0 Å². The van der Waals surface area contributed by atoms with Crippen LogP contribution in [0.1, 0.15) is 41.5 Å². The molecule has 2 aliphatic rings. The molecular weight excluding hydrogens is 282 g/mol. The molecule has 1 saturated carbocycles. The van der Waals surface area contributed by atoms with E-state index in [-0.39, 0.29) is 29.1 Å². The molecule has 1 aliphatic heterocycles. The Morgan fingerprint density at radius 2 is 1.59 bits per heavy atom. The molecule has 2 rings (SSSR count). The van der Waals surface area contributed by atoms with Gasteiger partial charge in [0.1, 0.15) is 0 Å². The van der Waals surface area contributed by atoms with E-state index in [1.165, 1.54) is 12.7 Å². The molecule has 2 amide bonds. The maximum absolute atomic E-state index is 11.3. The minimum atomic E-state index is -0.266. The van der Waals surface area contributed by atoms with Crippen LogP contribution in [0.25, 0.3) is 0 Å². The van der Waals surface area contributed by atoms with Crippen LogP contribution in [0.15, 0.2) is 22.8 Å². The fourth-order valence-electron chi connectivity index (χ4n) is 2.56. The van der Waals surface area contributed by atoms with E-state index in [1.807, 2.05) is 0 Å². The van der Waals surface area contributed by atoms with Gasteiger partial charge in [0.05, 0.1) is 13.0 Å². The molecule has 0 bridgehead atoms. The first-order valence-corrected chi connectivity index (χ1v) is 7.30. The number of allylic oxidation sites excluding steroid dienone is 2. The van der Waals surface area contributed by atoms with Crippen molar-refractivity contribution in [1.29, 1.82) is 0 Å². The lowest BCUT2D eigenvalue weighted by atomic mass is 10.1. The molecule has 0 radical (unpaired) electrons.